The van der Waals surface area contributed by atoms with Gasteiger partial charge < -0.3 is 14.8 Å². The summed E-state index contributed by atoms with van der Waals surface area (Å²) < 4.78 is 10.4. The van der Waals surface area contributed by atoms with Crippen molar-refractivity contribution in [1.82, 2.24) is 0 Å². The molecule has 144 valence electrons. The molecule has 2 rings (SSSR count). The van der Waals surface area contributed by atoms with E-state index < -0.39 is 0 Å². The van der Waals surface area contributed by atoms with E-state index in [1.165, 1.54) is 12.7 Å². The fourth-order valence-electron chi connectivity index (χ4n) is 2.79. The summed E-state index contributed by atoms with van der Waals surface area (Å²) in [5, 5.41) is 2.78. The number of ether oxygens (including phenoxy) is 2. The third kappa shape index (κ3) is 6.13. The number of carbonyl (C=O) groups excluding carboxylic acids is 2. The third-order valence-corrected chi connectivity index (χ3v) is 4.18. The van der Waals surface area contributed by atoms with Gasteiger partial charge in [-0.05, 0) is 30.0 Å². The van der Waals surface area contributed by atoms with E-state index in [-0.39, 0.29) is 24.5 Å². The van der Waals surface area contributed by atoms with Crippen LogP contribution >= 0.6 is 0 Å². The Hall–Kier alpha value is -2.82. The van der Waals surface area contributed by atoms with Gasteiger partial charge in [-0.25, -0.2) is 0 Å². The van der Waals surface area contributed by atoms with Crippen molar-refractivity contribution in [3.63, 3.8) is 0 Å². The molecule has 5 heteroatoms. The number of ketones is 1. The van der Waals surface area contributed by atoms with Crippen LogP contribution in [-0.2, 0) is 11.2 Å². The molecule has 0 aromatic heterocycles. The highest BCUT2D eigenvalue weighted by atomic mass is 16.5. The van der Waals surface area contributed by atoms with Crippen LogP contribution in [0.25, 0.3) is 0 Å². The minimum atomic E-state index is -0.244. The lowest BCUT2D eigenvalue weighted by Crippen LogP contribution is -2.14. The lowest BCUT2D eigenvalue weighted by Gasteiger charge is -2.11. The predicted molar refractivity (Wildman–Crippen MR) is 107 cm³/mol. The second kappa shape index (κ2) is 9.76. The number of hydrogen-bond donors (Lipinski definition) is 1. The fourth-order valence-corrected chi connectivity index (χ4v) is 2.79. The summed E-state index contributed by atoms with van der Waals surface area (Å²) in [5.74, 6) is 1.44. The van der Waals surface area contributed by atoms with E-state index in [0.29, 0.717) is 28.7 Å². The molecule has 0 bridgehead atoms. The zero-order valence-electron chi connectivity index (χ0n) is 16.4. The summed E-state index contributed by atoms with van der Waals surface area (Å²) in [5.41, 5.74) is 2.37. The van der Waals surface area contributed by atoms with Crippen molar-refractivity contribution in [2.24, 2.45) is 5.92 Å². The van der Waals surface area contributed by atoms with Gasteiger partial charge in [0.15, 0.2) is 5.78 Å². The van der Waals surface area contributed by atoms with Crippen molar-refractivity contribution >= 4 is 17.4 Å². The van der Waals surface area contributed by atoms with Crippen molar-refractivity contribution in [3.05, 3.63) is 53.6 Å². The van der Waals surface area contributed by atoms with Gasteiger partial charge in [0, 0.05) is 24.5 Å². The molecule has 0 radical (unpaired) electrons. The fraction of sp³-hybridized carbons (Fsp3) is 0.364. The molecule has 0 saturated heterocycles. The quantitative estimate of drug-likeness (QED) is 0.661. The summed E-state index contributed by atoms with van der Waals surface area (Å²) in [7, 11) is 3.09. The van der Waals surface area contributed by atoms with Crippen molar-refractivity contribution in [2.45, 2.75) is 33.1 Å². The molecule has 0 fully saturated rings. The molecule has 2 aromatic rings. The van der Waals surface area contributed by atoms with E-state index in [9.17, 15) is 9.59 Å². The van der Waals surface area contributed by atoms with Gasteiger partial charge >= 0.3 is 0 Å². The zero-order valence-corrected chi connectivity index (χ0v) is 16.4. The second-order valence-corrected chi connectivity index (χ2v) is 6.83. The Bertz CT molecular complexity index is 781. The van der Waals surface area contributed by atoms with Crippen LogP contribution in [0.4, 0.5) is 5.69 Å². The van der Waals surface area contributed by atoms with Crippen LogP contribution in [-0.4, -0.2) is 25.9 Å². The average Bonchev–Trinajstić information content (AvgIpc) is 2.66. The van der Waals surface area contributed by atoms with Crippen LogP contribution in [0, 0.1) is 5.92 Å². The Labute approximate surface area is 160 Å². The number of rotatable bonds is 9. The topological polar surface area (TPSA) is 64.6 Å². The maximum absolute atomic E-state index is 12.3. The van der Waals surface area contributed by atoms with Gasteiger partial charge in [0.1, 0.15) is 11.5 Å². The smallest absolute Gasteiger partial charge is 0.224 e. The molecular formula is C22H27NO4. The highest BCUT2D eigenvalue weighted by molar-refractivity contribution is 6.00. The van der Waals surface area contributed by atoms with Gasteiger partial charge in [0.2, 0.25) is 5.91 Å². The number of anilines is 1. The van der Waals surface area contributed by atoms with Crippen LogP contribution in [0.15, 0.2) is 42.5 Å². The molecule has 5 nitrogen and oxygen atoms in total. The first-order valence-electron chi connectivity index (χ1n) is 9.07. The largest absolute Gasteiger partial charge is 0.497 e. The Morgan fingerprint density at radius 2 is 1.67 bits per heavy atom. The van der Waals surface area contributed by atoms with Crippen LogP contribution in [0.2, 0.25) is 0 Å². The number of hydrogen-bond acceptors (Lipinski definition) is 4. The normalized spacial score (nSPS) is 10.6. The number of amides is 1. The first kappa shape index (κ1) is 20.5. The maximum Gasteiger partial charge on any atom is 0.224 e. The number of benzene rings is 2. The standard InChI is InChI=1S/C22H27NO4/c1-15(2)13-16-5-7-17(8-6-16)20(24)10-12-22(25)23-19-14-18(26-3)9-11-21(19)27-4/h5-9,11,14-15H,10,12-13H2,1-4H3,(H,23,25). The number of nitrogens with one attached hydrogen (secondary N) is 1. The highest BCUT2D eigenvalue weighted by Crippen LogP contribution is 2.29. The van der Waals surface area contributed by atoms with Crippen LogP contribution in [0.3, 0.4) is 0 Å². The van der Waals surface area contributed by atoms with Crippen LogP contribution < -0.4 is 14.8 Å². The van der Waals surface area contributed by atoms with Crippen molar-refractivity contribution < 1.29 is 19.1 Å². The van der Waals surface area contributed by atoms with Gasteiger partial charge in [-0.2, -0.15) is 0 Å². The van der Waals surface area contributed by atoms with E-state index in [1.54, 1.807) is 25.3 Å². The molecule has 0 aliphatic carbocycles. The van der Waals surface area contributed by atoms with Gasteiger partial charge in [0.05, 0.1) is 19.9 Å². The van der Waals surface area contributed by atoms with E-state index in [0.717, 1.165) is 6.42 Å². The highest BCUT2D eigenvalue weighted by Gasteiger charge is 2.12. The first-order chi connectivity index (χ1) is 12.9. The van der Waals surface area contributed by atoms with Crippen LogP contribution in [0.5, 0.6) is 11.5 Å². The monoisotopic (exact) mass is 369 g/mol. The molecule has 0 spiro atoms. The minimum absolute atomic E-state index is 0.0427. The molecule has 1 amide bonds. The Morgan fingerprint density at radius 1 is 0.963 bits per heavy atom. The Balaban J connectivity index is 1.92. The number of Topliss-reactive ketones (excluding diaryl/α,β-unsaturated/α-hetero) is 1. The first-order valence-corrected chi connectivity index (χ1v) is 9.07. The average molecular weight is 369 g/mol. The Kier molecular flexibility index (Phi) is 7.41. The van der Waals surface area contributed by atoms with Crippen LogP contribution in [0.1, 0.15) is 42.6 Å². The molecule has 2 aromatic carbocycles. The molecule has 27 heavy (non-hydrogen) atoms. The summed E-state index contributed by atoms with van der Waals surface area (Å²) in [4.78, 5) is 24.6. The van der Waals surface area contributed by atoms with Gasteiger partial charge in [-0.3, -0.25) is 9.59 Å². The molecule has 0 aliphatic rings. The predicted octanol–water partition coefficient (Wildman–Crippen LogP) is 4.50. The molecular weight excluding hydrogens is 342 g/mol. The van der Waals surface area contributed by atoms with Crippen molar-refractivity contribution in [3.8, 4) is 11.5 Å². The third-order valence-electron chi connectivity index (χ3n) is 4.18. The number of methoxy groups -OCH3 is 2. The molecule has 0 atom stereocenters. The summed E-state index contributed by atoms with van der Waals surface area (Å²) in [6.07, 6.45) is 1.24. The van der Waals surface area contributed by atoms with Gasteiger partial charge in [-0.15, -0.1) is 0 Å². The van der Waals surface area contributed by atoms with E-state index >= 15 is 0 Å². The second-order valence-electron chi connectivity index (χ2n) is 6.83. The maximum atomic E-state index is 12.3. The SMILES string of the molecule is COc1ccc(OC)c(NC(=O)CCC(=O)c2ccc(CC(C)C)cc2)c1. The summed E-state index contributed by atoms with van der Waals surface area (Å²) >= 11 is 0. The zero-order chi connectivity index (χ0) is 19.8. The van der Waals surface area contributed by atoms with E-state index in [1.807, 2.05) is 24.3 Å². The summed E-state index contributed by atoms with van der Waals surface area (Å²) in [6, 6.07) is 12.8. The van der Waals surface area contributed by atoms with Crippen molar-refractivity contribution in [2.75, 3.05) is 19.5 Å². The molecule has 1 N–H and O–H groups in total. The minimum Gasteiger partial charge on any atom is -0.497 e. The molecule has 0 heterocycles. The summed E-state index contributed by atoms with van der Waals surface area (Å²) in [6.45, 7) is 4.32. The lowest BCUT2D eigenvalue weighted by atomic mass is 9.99. The number of carbonyl (C=O) groups is 2. The van der Waals surface area contributed by atoms with E-state index in [4.69, 9.17) is 9.47 Å². The van der Waals surface area contributed by atoms with E-state index in [2.05, 4.69) is 19.2 Å². The molecule has 0 saturated carbocycles. The molecule has 0 unspecified atom stereocenters. The Morgan fingerprint density at radius 3 is 2.26 bits per heavy atom. The van der Waals surface area contributed by atoms with Crippen molar-refractivity contribution in [1.29, 1.82) is 0 Å². The van der Waals surface area contributed by atoms with Gasteiger partial charge in [-0.1, -0.05) is 38.1 Å². The van der Waals surface area contributed by atoms with Gasteiger partial charge in [0.25, 0.3) is 0 Å². The lowest BCUT2D eigenvalue weighted by molar-refractivity contribution is -0.116. The molecule has 0 aliphatic heterocycles.